The van der Waals surface area contributed by atoms with Crippen LogP contribution in [0, 0.1) is 0 Å². The van der Waals surface area contributed by atoms with Crippen molar-refractivity contribution in [2.75, 3.05) is 18.4 Å². The smallest absolute Gasteiger partial charge is 0.244 e. The van der Waals surface area contributed by atoms with E-state index in [4.69, 9.17) is 16.1 Å². The van der Waals surface area contributed by atoms with Gasteiger partial charge in [0.05, 0.1) is 5.02 Å². The fourth-order valence-electron chi connectivity index (χ4n) is 3.16. The maximum absolute atomic E-state index is 12.8. The highest BCUT2D eigenvalue weighted by atomic mass is 35.5. The van der Waals surface area contributed by atoms with E-state index in [0.717, 1.165) is 18.4 Å². The molecule has 1 aliphatic rings. The predicted octanol–water partition coefficient (Wildman–Crippen LogP) is 3.81. The van der Waals surface area contributed by atoms with Gasteiger partial charge in [-0.2, -0.15) is 20.6 Å². The van der Waals surface area contributed by atoms with Gasteiger partial charge in [-0.3, -0.25) is 4.79 Å². The van der Waals surface area contributed by atoms with Crippen LogP contribution in [0.25, 0.3) is 11.4 Å². The van der Waals surface area contributed by atoms with E-state index < -0.39 is 10.0 Å². The number of hydrogen-bond acceptors (Lipinski definition) is 7. The number of carbonyl (C=O) groups is 1. The first-order chi connectivity index (χ1) is 14.4. The third-order valence-electron chi connectivity index (χ3n) is 4.71. The molecule has 1 aromatic carbocycles. The number of nitrogens with one attached hydrogen (secondary N) is 1. The summed E-state index contributed by atoms with van der Waals surface area (Å²) in [6, 6.07) is 6.34. The predicted molar refractivity (Wildman–Crippen MR) is 114 cm³/mol. The molecule has 3 aromatic rings. The van der Waals surface area contributed by atoms with Gasteiger partial charge in [-0.15, -0.1) is 0 Å². The first-order valence-corrected chi connectivity index (χ1v) is 12.1. The van der Waals surface area contributed by atoms with Crippen LogP contribution in [0.4, 0.5) is 5.69 Å². The van der Waals surface area contributed by atoms with Gasteiger partial charge in [0.15, 0.2) is 0 Å². The van der Waals surface area contributed by atoms with Crippen LogP contribution in [0.1, 0.15) is 25.2 Å². The molecule has 0 unspecified atom stereocenters. The third kappa shape index (κ3) is 4.56. The molecule has 0 radical (unpaired) electrons. The van der Waals surface area contributed by atoms with Crippen LogP contribution in [0.5, 0.6) is 0 Å². The Labute approximate surface area is 182 Å². The lowest BCUT2D eigenvalue weighted by Crippen LogP contribution is -2.28. The average Bonchev–Trinajstić information content (AvgIpc) is 3.49. The number of thiophene rings is 1. The lowest BCUT2D eigenvalue weighted by molar-refractivity contribution is -0.116. The Morgan fingerprint density at radius 1 is 1.27 bits per heavy atom. The molecule has 0 saturated carbocycles. The Bertz CT molecular complexity index is 1140. The van der Waals surface area contributed by atoms with Crippen LogP contribution in [-0.4, -0.2) is 41.9 Å². The molecule has 30 heavy (non-hydrogen) atoms. The molecule has 1 N–H and O–H groups in total. The van der Waals surface area contributed by atoms with Crippen LogP contribution in [0.15, 0.2) is 44.4 Å². The van der Waals surface area contributed by atoms with Gasteiger partial charge in [0.2, 0.25) is 27.6 Å². The third-order valence-corrected chi connectivity index (χ3v) is 7.77. The van der Waals surface area contributed by atoms with Gasteiger partial charge < -0.3 is 9.84 Å². The standard InChI is InChI=1S/C19H19ClN4O4S2/c20-15-4-3-14(11-16(15)30(26,27)24-8-1-2-9-24)21-17(25)5-6-18-22-19(23-28-18)13-7-10-29-12-13/h3-4,7,10-12H,1-2,5-6,8-9H2,(H,21,25). The quantitative estimate of drug-likeness (QED) is 0.567. The Morgan fingerprint density at radius 2 is 2.07 bits per heavy atom. The van der Waals surface area contributed by atoms with Crippen LogP contribution in [0.3, 0.4) is 0 Å². The van der Waals surface area contributed by atoms with Crippen LogP contribution < -0.4 is 5.32 Å². The molecule has 0 bridgehead atoms. The maximum atomic E-state index is 12.8. The molecule has 0 atom stereocenters. The number of carbonyl (C=O) groups excluding carboxylic acids is 1. The molecule has 1 aliphatic heterocycles. The first-order valence-electron chi connectivity index (χ1n) is 9.38. The van der Waals surface area contributed by atoms with Crippen molar-refractivity contribution >= 4 is 44.6 Å². The van der Waals surface area contributed by atoms with Gasteiger partial charge in [-0.25, -0.2) is 8.42 Å². The number of rotatable bonds is 7. The van der Waals surface area contributed by atoms with Crippen LogP contribution >= 0.6 is 22.9 Å². The van der Waals surface area contributed by atoms with E-state index in [0.29, 0.717) is 30.5 Å². The van der Waals surface area contributed by atoms with E-state index >= 15 is 0 Å². The van der Waals surface area contributed by atoms with Crippen LogP contribution in [-0.2, 0) is 21.2 Å². The van der Waals surface area contributed by atoms with E-state index in [2.05, 4.69) is 15.5 Å². The number of aromatic nitrogens is 2. The molecule has 1 fully saturated rings. The molecule has 0 aliphatic carbocycles. The molecular formula is C19H19ClN4O4S2. The number of aryl methyl sites for hydroxylation is 1. The number of benzene rings is 1. The summed E-state index contributed by atoms with van der Waals surface area (Å²) in [6.07, 6.45) is 2.05. The van der Waals surface area contributed by atoms with Crippen molar-refractivity contribution < 1.29 is 17.7 Å². The molecule has 1 saturated heterocycles. The summed E-state index contributed by atoms with van der Waals surface area (Å²) in [7, 11) is -3.68. The largest absolute Gasteiger partial charge is 0.339 e. The average molecular weight is 467 g/mol. The fourth-order valence-corrected chi connectivity index (χ4v) is 5.81. The van der Waals surface area contributed by atoms with Gasteiger partial charge in [0.1, 0.15) is 4.90 Å². The number of hydrogen-bond donors (Lipinski definition) is 1. The fraction of sp³-hybridized carbons (Fsp3) is 0.316. The number of halogens is 1. The molecule has 0 spiro atoms. The van der Waals surface area contributed by atoms with Crippen molar-refractivity contribution in [1.29, 1.82) is 0 Å². The van der Waals surface area contributed by atoms with Crippen molar-refractivity contribution in [2.45, 2.75) is 30.6 Å². The minimum absolute atomic E-state index is 0.00109. The highest BCUT2D eigenvalue weighted by Gasteiger charge is 2.29. The lowest BCUT2D eigenvalue weighted by Gasteiger charge is -2.17. The summed E-state index contributed by atoms with van der Waals surface area (Å²) < 4.78 is 32.2. The Morgan fingerprint density at radius 3 is 2.80 bits per heavy atom. The molecule has 4 rings (SSSR count). The number of amides is 1. The van der Waals surface area contributed by atoms with E-state index in [1.54, 1.807) is 6.07 Å². The van der Waals surface area contributed by atoms with Gasteiger partial charge in [-0.05, 0) is 42.5 Å². The van der Waals surface area contributed by atoms with Crippen molar-refractivity contribution in [3.8, 4) is 11.4 Å². The summed E-state index contributed by atoms with van der Waals surface area (Å²) in [6.45, 7) is 0.958. The Balaban J connectivity index is 1.40. The van der Waals surface area contributed by atoms with E-state index in [1.807, 2.05) is 16.8 Å². The Hall–Kier alpha value is -2.27. The van der Waals surface area contributed by atoms with E-state index in [9.17, 15) is 13.2 Å². The van der Waals surface area contributed by atoms with Crippen molar-refractivity contribution in [2.24, 2.45) is 0 Å². The zero-order chi connectivity index (χ0) is 21.1. The molecule has 3 heterocycles. The minimum atomic E-state index is -3.68. The second kappa shape index (κ2) is 8.84. The van der Waals surface area contributed by atoms with Gasteiger partial charge in [0.25, 0.3) is 0 Å². The topological polar surface area (TPSA) is 105 Å². The monoisotopic (exact) mass is 466 g/mol. The van der Waals surface area contributed by atoms with Crippen molar-refractivity contribution in [3.63, 3.8) is 0 Å². The summed E-state index contributed by atoms with van der Waals surface area (Å²) in [5, 5.41) is 10.6. The zero-order valence-corrected chi connectivity index (χ0v) is 18.3. The van der Waals surface area contributed by atoms with Gasteiger partial charge in [0, 0.05) is 42.6 Å². The van der Waals surface area contributed by atoms with Crippen molar-refractivity contribution in [3.05, 3.63) is 45.9 Å². The molecule has 158 valence electrons. The molecular weight excluding hydrogens is 448 g/mol. The van der Waals surface area contributed by atoms with Crippen LogP contribution in [0.2, 0.25) is 5.02 Å². The zero-order valence-electron chi connectivity index (χ0n) is 15.9. The lowest BCUT2D eigenvalue weighted by atomic mass is 10.2. The highest BCUT2D eigenvalue weighted by Crippen LogP contribution is 2.29. The first kappa shape index (κ1) is 21.0. The minimum Gasteiger partial charge on any atom is -0.339 e. The summed E-state index contributed by atoms with van der Waals surface area (Å²) >= 11 is 7.67. The maximum Gasteiger partial charge on any atom is 0.244 e. The number of anilines is 1. The van der Waals surface area contributed by atoms with Gasteiger partial charge >= 0.3 is 0 Å². The summed E-state index contributed by atoms with van der Waals surface area (Å²) in [5.41, 5.74) is 1.24. The number of nitrogens with zero attached hydrogens (tertiary/aromatic N) is 3. The van der Waals surface area contributed by atoms with Gasteiger partial charge in [-0.1, -0.05) is 16.8 Å². The summed E-state index contributed by atoms with van der Waals surface area (Å²) in [5.74, 6) is 0.554. The molecule has 11 heteroatoms. The second-order valence-corrected chi connectivity index (χ2v) is 9.92. The SMILES string of the molecule is O=C(CCc1nc(-c2ccsc2)no1)Nc1ccc(Cl)c(S(=O)(=O)N2CCCC2)c1. The van der Waals surface area contributed by atoms with E-state index in [1.165, 1.54) is 27.8 Å². The molecule has 2 aromatic heterocycles. The summed E-state index contributed by atoms with van der Waals surface area (Å²) in [4.78, 5) is 16.6. The normalized spacial score (nSPS) is 14.8. The van der Waals surface area contributed by atoms with E-state index in [-0.39, 0.29) is 28.7 Å². The molecule has 1 amide bonds. The second-order valence-electron chi connectivity index (χ2n) is 6.83. The van der Waals surface area contributed by atoms with Crippen molar-refractivity contribution in [1.82, 2.24) is 14.4 Å². The highest BCUT2D eigenvalue weighted by molar-refractivity contribution is 7.89. The molecule has 8 nitrogen and oxygen atoms in total. The number of sulfonamides is 1. The Kier molecular flexibility index (Phi) is 6.19.